The minimum Gasteiger partial charge on any atom is -0.469 e. The minimum atomic E-state index is -3.31. The summed E-state index contributed by atoms with van der Waals surface area (Å²) in [6.45, 7) is 21.1. The number of benzene rings is 2. The second kappa shape index (κ2) is 27.3. The molecule has 8 aliphatic rings. The summed E-state index contributed by atoms with van der Waals surface area (Å²) in [5.41, 5.74) is 2.94. The topological polar surface area (TPSA) is 179 Å². The summed E-state index contributed by atoms with van der Waals surface area (Å²) < 4.78 is 62.9. The maximum absolute atomic E-state index is 13.9. The molecular weight excluding hydrogens is 1080 g/mol. The second-order valence-electron chi connectivity index (χ2n) is 28.8. The Morgan fingerprint density at radius 2 is 0.939 bits per heavy atom. The summed E-state index contributed by atoms with van der Waals surface area (Å²) in [7, 11) is -3.59. The van der Waals surface area contributed by atoms with Crippen LogP contribution in [0.5, 0.6) is 0 Å². The van der Waals surface area contributed by atoms with Crippen molar-refractivity contribution in [2.45, 2.75) is 208 Å². The summed E-state index contributed by atoms with van der Waals surface area (Å²) in [6, 6.07) is 19.9. The number of carbonyl (C=O) groups excluding carboxylic acids is 2. The Bertz CT molecular complexity index is 2340. The molecule has 8 saturated carbocycles. The highest BCUT2D eigenvalue weighted by atomic mass is 31.2. The van der Waals surface area contributed by atoms with Crippen LogP contribution in [0.1, 0.15) is 188 Å². The number of aliphatic hydroxyl groups excluding tert-OH is 1. The quantitative estimate of drug-likeness (QED) is 0.107. The second-order valence-corrected chi connectivity index (χ2v) is 32.8. The van der Waals surface area contributed by atoms with Crippen molar-refractivity contribution in [1.29, 1.82) is 0 Å². The zero-order valence-corrected chi connectivity index (χ0v) is 53.9. The summed E-state index contributed by atoms with van der Waals surface area (Å²) >= 11 is 0. The van der Waals surface area contributed by atoms with Crippen LogP contribution in [0.15, 0.2) is 60.7 Å². The minimum absolute atomic E-state index is 0. The Hall–Kier alpha value is -2.47. The average molecular weight is 1180 g/mol. The number of hydrogen-bond donors (Lipinski definition) is 2. The molecule has 464 valence electrons. The van der Waals surface area contributed by atoms with Gasteiger partial charge in [-0.1, -0.05) is 116 Å². The molecule has 2 aromatic rings. The summed E-state index contributed by atoms with van der Waals surface area (Å²) in [4.78, 5) is 23.8. The van der Waals surface area contributed by atoms with Crippen LogP contribution in [0.2, 0.25) is 0 Å². The highest BCUT2D eigenvalue weighted by Gasteiger charge is 2.66. The van der Waals surface area contributed by atoms with Crippen LogP contribution in [0.3, 0.4) is 0 Å². The Labute approximate surface area is 493 Å². The lowest BCUT2D eigenvalue weighted by atomic mass is 9.43. The fraction of sp³-hybridized carbons (Fsp3) is 0.791. The first-order valence-electron chi connectivity index (χ1n) is 31.6. The number of fused-ring (bicyclic) bond motifs is 10. The Morgan fingerprint density at radius 1 is 0.561 bits per heavy atom. The van der Waals surface area contributed by atoms with E-state index in [-0.39, 0.29) is 64.0 Å². The molecule has 10 rings (SSSR count). The number of rotatable bonds is 18. The number of aliphatic hydroxyl groups is 1. The molecule has 12 nitrogen and oxygen atoms in total. The lowest BCUT2D eigenvalue weighted by Gasteiger charge is -2.63. The molecule has 2 unspecified atom stereocenters. The maximum Gasteiger partial charge on any atom is 0.328 e. The predicted octanol–water partition coefficient (Wildman–Crippen LogP) is 16.9. The largest absolute Gasteiger partial charge is 0.469 e. The van der Waals surface area contributed by atoms with E-state index in [1.807, 2.05) is 60.7 Å². The van der Waals surface area contributed by atoms with E-state index < -0.39 is 15.2 Å². The first-order chi connectivity index (χ1) is 37.9. The zero-order valence-electron chi connectivity index (χ0n) is 52.1. The van der Waals surface area contributed by atoms with Gasteiger partial charge >= 0.3 is 27.1 Å². The molecule has 0 bridgehead atoms. The summed E-state index contributed by atoms with van der Waals surface area (Å²) in [5.74, 6) is 6.54. The van der Waals surface area contributed by atoms with Crippen LogP contribution in [-0.2, 0) is 59.5 Å². The number of halogens is 1. The first-order valence-corrected chi connectivity index (χ1v) is 35.6. The van der Waals surface area contributed by atoms with Crippen LogP contribution in [0, 0.1) is 98.6 Å². The first kappa shape index (κ1) is 67.0. The SMILES string of the molecule is COC(=O)CC[C@@H](C)[C@H]1CC[C@H]2[C@@H]3[C@H](OP(C)(=O)OCc4ccccc4)C[C@@H]4C[C@H](C)CC[C@]4(C)[C@H]3CC[C@]12C.COC(=O)CC[C@@H](C)[C@H]1CC[C@H]2[C@@H]3[C@H](OP(C)(=O)OCc4ccccc4)C[C@@H]4C[C@H](O)CC[C@]4(C)[C@H]3CC[C@]12C.F.N. The third-order valence-electron chi connectivity index (χ3n) is 24.4. The molecule has 8 fully saturated rings. The van der Waals surface area contributed by atoms with Crippen molar-refractivity contribution in [3.8, 4) is 0 Å². The van der Waals surface area contributed by atoms with Crippen molar-refractivity contribution in [3.05, 3.63) is 71.8 Å². The Morgan fingerprint density at radius 3 is 1.35 bits per heavy atom. The molecular formula is C67H108FNO11P2. The molecule has 0 saturated heterocycles. The number of methoxy groups -OCH3 is 2. The number of esters is 2. The van der Waals surface area contributed by atoms with Gasteiger partial charge in [-0.25, -0.2) is 0 Å². The van der Waals surface area contributed by atoms with Gasteiger partial charge in [-0.15, -0.1) is 0 Å². The average Bonchev–Trinajstić information content (AvgIpc) is 2.68. The molecule has 2 aromatic carbocycles. The predicted molar refractivity (Wildman–Crippen MR) is 324 cm³/mol. The van der Waals surface area contributed by atoms with Crippen molar-refractivity contribution < 1.29 is 56.1 Å². The Balaban J connectivity index is 0.000000230. The van der Waals surface area contributed by atoms with Gasteiger partial charge in [-0.2, -0.15) is 0 Å². The van der Waals surface area contributed by atoms with E-state index >= 15 is 0 Å². The highest BCUT2D eigenvalue weighted by Crippen LogP contribution is 2.72. The van der Waals surface area contributed by atoms with Gasteiger partial charge in [0.2, 0.25) is 0 Å². The third kappa shape index (κ3) is 14.1. The number of ether oxygens (including phenoxy) is 2. The van der Waals surface area contributed by atoms with Gasteiger partial charge in [0.25, 0.3) is 0 Å². The molecule has 8 aliphatic carbocycles. The summed E-state index contributed by atoms with van der Waals surface area (Å²) in [5, 5.41) is 10.6. The van der Waals surface area contributed by atoms with Gasteiger partial charge in [0.1, 0.15) is 0 Å². The molecule has 0 heterocycles. The number of carbonyl (C=O) groups is 2. The van der Waals surface area contributed by atoms with E-state index in [4.69, 9.17) is 27.6 Å². The van der Waals surface area contributed by atoms with E-state index in [2.05, 4.69) is 48.5 Å². The molecule has 15 heteroatoms. The normalized spacial score (nSPS) is 40.2. The van der Waals surface area contributed by atoms with Crippen LogP contribution in [0.4, 0.5) is 4.70 Å². The van der Waals surface area contributed by atoms with Gasteiger partial charge in [0, 0.05) is 26.2 Å². The van der Waals surface area contributed by atoms with Gasteiger partial charge in [-0.3, -0.25) is 23.4 Å². The van der Waals surface area contributed by atoms with Crippen molar-refractivity contribution >= 4 is 27.1 Å². The fourth-order valence-electron chi connectivity index (χ4n) is 20.1. The van der Waals surface area contributed by atoms with E-state index in [0.717, 1.165) is 74.8 Å². The molecule has 4 N–H and O–H groups in total. The lowest BCUT2D eigenvalue weighted by molar-refractivity contribution is -0.169. The summed E-state index contributed by atoms with van der Waals surface area (Å²) in [6.07, 6.45) is 20.4. The van der Waals surface area contributed by atoms with Gasteiger partial charge in [0.15, 0.2) is 0 Å². The lowest BCUT2D eigenvalue weighted by Crippen LogP contribution is -2.59. The van der Waals surface area contributed by atoms with Crippen molar-refractivity contribution in [2.75, 3.05) is 27.5 Å². The third-order valence-corrected chi connectivity index (χ3v) is 26.9. The monoisotopic (exact) mass is 1180 g/mol. The van der Waals surface area contributed by atoms with Crippen LogP contribution in [0.25, 0.3) is 0 Å². The van der Waals surface area contributed by atoms with Gasteiger partial charge in [0.05, 0.1) is 45.7 Å². The van der Waals surface area contributed by atoms with E-state index in [0.29, 0.717) is 95.9 Å². The smallest absolute Gasteiger partial charge is 0.328 e. The molecule has 0 aromatic heterocycles. The van der Waals surface area contributed by atoms with Crippen molar-refractivity contribution in [3.63, 3.8) is 0 Å². The van der Waals surface area contributed by atoms with Crippen molar-refractivity contribution in [1.82, 2.24) is 6.15 Å². The Kier molecular flexibility index (Phi) is 22.3. The molecule has 0 amide bonds. The fourth-order valence-corrected chi connectivity index (χ4v) is 22.5. The highest BCUT2D eigenvalue weighted by molar-refractivity contribution is 7.53. The maximum atomic E-state index is 13.9. The molecule has 22 atom stereocenters. The standard InChI is InChI=1S/C34H53O5P.C33H51O6P.FH.H3N/c1-23-16-18-33(3)26(20-23)21-30(39-40(6,36)38-22-25-10-8-7-9-11-25)32-28-14-13-27(24(2)12-15-31(35)37-5)34(28,4)19-17-29(32)33;1-22(11-14-30(35)37-4)26-12-13-27-31-28(16-18-33(26,27)3)32(2)17-15-25(34)19-24(32)20-29(31)39-40(5,36)38-21-23-9-7-6-8-10-23;;/h7-11,23-24,26-30,32H,12-22H2,1-6H3;6-10,22,24-29,31,34H,11-21H2,1-5H3;1H;1H3/t23-,24-,26+,27-,28+,29+,30-,32+,33+,34-,40?;22-,24+,25-,26-,27+,28+,29-,31+,32+,33-,40?;;/m11../s1. The van der Waals surface area contributed by atoms with Crippen LogP contribution in [-0.4, -0.2) is 62.9 Å². The molecule has 82 heavy (non-hydrogen) atoms. The van der Waals surface area contributed by atoms with E-state index in [1.165, 1.54) is 72.0 Å². The van der Waals surface area contributed by atoms with E-state index in [9.17, 15) is 23.8 Å². The van der Waals surface area contributed by atoms with Crippen LogP contribution >= 0.6 is 15.2 Å². The molecule has 0 spiro atoms. The van der Waals surface area contributed by atoms with Gasteiger partial charge in [-0.05, 0) is 219 Å². The zero-order chi connectivity index (χ0) is 57.4. The number of hydrogen-bond acceptors (Lipinski definition) is 12. The van der Waals surface area contributed by atoms with Crippen LogP contribution < -0.4 is 6.15 Å². The molecule has 0 aliphatic heterocycles. The van der Waals surface area contributed by atoms with E-state index in [1.54, 1.807) is 13.3 Å². The molecule has 0 radical (unpaired) electrons. The van der Waals surface area contributed by atoms with Gasteiger partial charge < -0.3 is 38.8 Å². The van der Waals surface area contributed by atoms with Crippen molar-refractivity contribution in [2.24, 2.45) is 98.6 Å².